The van der Waals surface area contributed by atoms with E-state index >= 15 is 0 Å². The van der Waals surface area contributed by atoms with E-state index in [1.54, 1.807) is 19.1 Å². The number of aliphatic hydroxyl groups excluding tert-OH is 1. The van der Waals surface area contributed by atoms with Crippen LogP contribution in [0.1, 0.15) is 40.4 Å². The van der Waals surface area contributed by atoms with Crippen molar-refractivity contribution in [3.05, 3.63) is 86.1 Å². The Morgan fingerprint density at radius 2 is 1.84 bits per heavy atom. The van der Waals surface area contributed by atoms with Gasteiger partial charge in [0.2, 0.25) is 0 Å². The van der Waals surface area contributed by atoms with Crippen molar-refractivity contribution in [1.29, 1.82) is 10.5 Å². The lowest BCUT2D eigenvalue weighted by Gasteiger charge is -2.16. The molecule has 0 saturated heterocycles. The molecular weight excluding hydrogens is 399 g/mol. The van der Waals surface area contributed by atoms with Crippen LogP contribution < -0.4 is 10.3 Å². The van der Waals surface area contributed by atoms with Gasteiger partial charge < -0.3 is 9.84 Å². The molecule has 3 aromatic rings. The summed E-state index contributed by atoms with van der Waals surface area (Å²) in [5, 5.41) is 31.8. The van der Waals surface area contributed by atoms with E-state index < -0.39 is 12.5 Å². The van der Waals surface area contributed by atoms with Crippen molar-refractivity contribution < 1.29 is 14.2 Å². The minimum Gasteiger partial charge on any atom is -0.454 e. The van der Waals surface area contributed by atoms with Crippen LogP contribution in [0.4, 0.5) is 4.39 Å². The van der Waals surface area contributed by atoms with Crippen LogP contribution in [0.3, 0.4) is 0 Å². The molecule has 1 heterocycles. The quantitative estimate of drug-likeness (QED) is 0.657. The first-order chi connectivity index (χ1) is 14.9. The molecule has 1 N–H and O–H groups in total. The Morgan fingerprint density at radius 3 is 2.42 bits per heavy atom. The van der Waals surface area contributed by atoms with Crippen molar-refractivity contribution in [2.75, 3.05) is 0 Å². The number of nitriles is 2. The average Bonchev–Trinajstić information content (AvgIpc) is 2.78. The molecule has 1 aromatic heterocycles. The third-order valence-electron chi connectivity index (χ3n) is 4.76. The van der Waals surface area contributed by atoms with Gasteiger partial charge in [-0.1, -0.05) is 13.0 Å². The molecule has 8 heteroatoms. The Hall–Kier alpha value is -4.01. The van der Waals surface area contributed by atoms with Crippen LogP contribution in [0, 0.1) is 35.4 Å². The highest BCUT2D eigenvalue weighted by molar-refractivity contribution is 5.49. The van der Waals surface area contributed by atoms with Crippen LogP contribution in [-0.2, 0) is 19.6 Å². The number of aromatic nitrogens is 2. The van der Waals surface area contributed by atoms with E-state index in [0.29, 0.717) is 29.7 Å². The monoisotopic (exact) mass is 418 g/mol. The molecule has 7 nitrogen and oxygen atoms in total. The largest absolute Gasteiger partial charge is 0.454 e. The first-order valence-corrected chi connectivity index (χ1v) is 9.52. The van der Waals surface area contributed by atoms with E-state index in [-0.39, 0.29) is 28.2 Å². The van der Waals surface area contributed by atoms with Crippen LogP contribution in [0.15, 0.2) is 41.2 Å². The molecule has 0 aliphatic rings. The summed E-state index contributed by atoms with van der Waals surface area (Å²) in [6, 6.07) is 12.7. The van der Waals surface area contributed by atoms with Gasteiger partial charge in [-0.05, 0) is 49.2 Å². The second-order valence-corrected chi connectivity index (χ2v) is 6.88. The summed E-state index contributed by atoms with van der Waals surface area (Å²) >= 11 is 0. The van der Waals surface area contributed by atoms with E-state index in [9.17, 15) is 14.3 Å². The van der Waals surface area contributed by atoms with Gasteiger partial charge in [0.15, 0.2) is 11.6 Å². The summed E-state index contributed by atoms with van der Waals surface area (Å²) in [4.78, 5) is 12.0. The van der Waals surface area contributed by atoms with Crippen molar-refractivity contribution in [2.24, 2.45) is 0 Å². The zero-order valence-corrected chi connectivity index (χ0v) is 17.0. The first-order valence-electron chi connectivity index (χ1n) is 9.52. The number of ether oxygens (including phenoxy) is 1. The number of benzene rings is 2. The second kappa shape index (κ2) is 9.21. The predicted octanol–water partition coefficient (Wildman–Crippen LogP) is 3.33. The molecule has 2 aromatic carbocycles. The maximum absolute atomic E-state index is 14.7. The summed E-state index contributed by atoms with van der Waals surface area (Å²) in [6.45, 7) is 2.95. The predicted molar refractivity (Wildman–Crippen MR) is 110 cm³/mol. The minimum atomic E-state index is -0.578. The fourth-order valence-corrected chi connectivity index (χ4v) is 3.33. The molecule has 0 atom stereocenters. The Bertz CT molecular complexity index is 1250. The first kappa shape index (κ1) is 21.7. The maximum Gasteiger partial charge on any atom is 0.271 e. The fourth-order valence-electron chi connectivity index (χ4n) is 3.33. The van der Waals surface area contributed by atoms with Crippen molar-refractivity contribution in [3.63, 3.8) is 0 Å². The number of halogens is 1. The molecule has 0 aliphatic carbocycles. The topological polar surface area (TPSA) is 112 Å². The van der Waals surface area contributed by atoms with Crippen LogP contribution >= 0.6 is 0 Å². The van der Waals surface area contributed by atoms with Gasteiger partial charge in [0.05, 0.1) is 29.0 Å². The molecule has 0 aliphatic heterocycles. The molecule has 156 valence electrons. The van der Waals surface area contributed by atoms with Gasteiger partial charge in [-0.3, -0.25) is 4.79 Å². The Morgan fingerprint density at radius 1 is 1.16 bits per heavy atom. The fraction of sp³-hybridized carbons (Fsp3) is 0.217. The van der Waals surface area contributed by atoms with Gasteiger partial charge in [0, 0.05) is 17.5 Å². The smallest absolute Gasteiger partial charge is 0.271 e. The molecule has 3 rings (SSSR count). The van der Waals surface area contributed by atoms with Gasteiger partial charge in [-0.15, -0.1) is 0 Å². The van der Waals surface area contributed by atoms with Crippen LogP contribution in [0.25, 0.3) is 0 Å². The van der Waals surface area contributed by atoms with Gasteiger partial charge >= 0.3 is 0 Å². The molecule has 0 radical (unpaired) electrons. The Kier molecular flexibility index (Phi) is 6.44. The third kappa shape index (κ3) is 4.61. The van der Waals surface area contributed by atoms with Gasteiger partial charge in [0.25, 0.3) is 5.56 Å². The number of aryl methyl sites for hydroxylation is 1. The minimum absolute atomic E-state index is 0.00572. The van der Waals surface area contributed by atoms with Crippen LogP contribution in [0.5, 0.6) is 11.5 Å². The van der Waals surface area contributed by atoms with E-state index in [4.69, 9.17) is 15.3 Å². The summed E-state index contributed by atoms with van der Waals surface area (Å²) in [7, 11) is 0. The van der Waals surface area contributed by atoms with Gasteiger partial charge in [-0.25, -0.2) is 9.07 Å². The van der Waals surface area contributed by atoms with E-state index in [2.05, 4.69) is 5.10 Å². The normalized spacial score (nSPS) is 10.4. The van der Waals surface area contributed by atoms with Gasteiger partial charge in [0.1, 0.15) is 12.5 Å². The van der Waals surface area contributed by atoms with Crippen molar-refractivity contribution >= 4 is 0 Å². The highest BCUT2D eigenvalue weighted by Gasteiger charge is 2.17. The zero-order chi connectivity index (χ0) is 22.5. The molecule has 31 heavy (non-hydrogen) atoms. The summed E-state index contributed by atoms with van der Waals surface area (Å²) < 4.78 is 21.4. The number of hydrogen-bond donors (Lipinski definition) is 1. The molecule has 0 amide bonds. The van der Waals surface area contributed by atoms with Gasteiger partial charge in [-0.2, -0.15) is 15.6 Å². The molecule has 0 saturated carbocycles. The Labute approximate surface area is 178 Å². The Balaban J connectivity index is 2.04. The average molecular weight is 418 g/mol. The highest BCUT2D eigenvalue weighted by atomic mass is 19.1. The molecule has 0 spiro atoms. The lowest BCUT2D eigenvalue weighted by Crippen LogP contribution is -2.26. The molecular formula is C23H19FN4O3. The molecule has 0 fully saturated rings. The number of nitrogens with zero attached hydrogens (tertiary/aromatic N) is 4. The van der Waals surface area contributed by atoms with Crippen LogP contribution in [-0.4, -0.2) is 14.9 Å². The SMILES string of the molecule is CCc1c(Cc2cc(C)c(=O)n(CO)n2)ccc(F)c1Oc1cc(C#N)cc(C#N)c1. The second-order valence-electron chi connectivity index (χ2n) is 6.88. The van der Waals surface area contributed by atoms with E-state index in [1.165, 1.54) is 24.3 Å². The number of rotatable bonds is 6. The van der Waals surface area contributed by atoms with Crippen molar-refractivity contribution in [2.45, 2.75) is 33.4 Å². The number of hydrogen-bond acceptors (Lipinski definition) is 6. The zero-order valence-electron chi connectivity index (χ0n) is 17.0. The maximum atomic E-state index is 14.7. The summed E-state index contributed by atoms with van der Waals surface area (Å²) in [5.74, 6) is -0.388. The van der Waals surface area contributed by atoms with E-state index in [0.717, 1.165) is 10.2 Å². The summed E-state index contributed by atoms with van der Waals surface area (Å²) in [6.07, 6.45) is 0.743. The lowest BCUT2D eigenvalue weighted by molar-refractivity contribution is 0.187. The van der Waals surface area contributed by atoms with E-state index in [1.807, 2.05) is 19.1 Å². The number of aliphatic hydroxyl groups is 1. The highest BCUT2D eigenvalue weighted by Crippen LogP contribution is 2.33. The molecule has 0 bridgehead atoms. The van der Waals surface area contributed by atoms with Crippen molar-refractivity contribution in [1.82, 2.24) is 9.78 Å². The van der Waals surface area contributed by atoms with Crippen LogP contribution in [0.2, 0.25) is 0 Å². The molecule has 0 unspecified atom stereocenters. The third-order valence-corrected chi connectivity index (χ3v) is 4.76. The summed E-state index contributed by atoms with van der Waals surface area (Å²) in [5.41, 5.74) is 2.40. The van der Waals surface area contributed by atoms with Crippen molar-refractivity contribution in [3.8, 4) is 23.6 Å². The lowest BCUT2D eigenvalue weighted by atomic mass is 9.99. The standard InChI is InChI=1S/C23H19FN4O3/c1-3-20-17(10-18-6-14(2)23(30)28(13-29)27-18)4-5-21(24)22(20)31-19-8-15(11-25)7-16(9-19)12-26/h4-9,29H,3,10,13H2,1-2H3.